The van der Waals surface area contributed by atoms with Crippen LogP contribution in [-0.4, -0.2) is 171 Å². The Labute approximate surface area is 609 Å². The summed E-state index contributed by atoms with van der Waals surface area (Å²) in [4.78, 5) is 154. The van der Waals surface area contributed by atoms with E-state index in [1.807, 2.05) is 62.3 Å². The van der Waals surface area contributed by atoms with Crippen LogP contribution in [0.1, 0.15) is 232 Å². The third kappa shape index (κ3) is 18.9. The second kappa shape index (κ2) is 33.1. The summed E-state index contributed by atoms with van der Waals surface area (Å²) in [5, 5.41) is 0. The van der Waals surface area contributed by atoms with E-state index in [2.05, 4.69) is 0 Å². The van der Waals surface area contributed by atoms with E-state index in [4.69, 9.17) is 66.3 Å². The van der Waals surface area contributed by atoms with E-state index in [1.54, 1.807) is 41.5 Å². The lowest BCUT2D eigenvalue weighted by Crippen LogP contribution is -2.46. The average Bonchev–Trinajstić information content (AvgIpc) is 1.57. The van der Waals surface area contributed by atoms with Gasteiger partial charge in [-0.05, 0) is 197 Å². The molecule has 582 valence electrons. The van der Waals surface area contributed by atoms with E-state index in [0.29, 0.717) is 69.1 Å². The molecule has 9 saturated heterocycles. The van der Waals surface area contributed by atoms with Gasteiger partial charge in [-0.15, -0.1) is 0 Å². The molecule has 14 bridgehead atoms. The molecule has 27 nitrogen and oxygen atoms in total. The van der Waals surface area contributed by atoms with Crippen LogP contribution in [0.4, 0.5) is 0 Å². The average molecular weight is 1470 g/mol. The molecule has 0 amide bonds. The third-order valence-electron chi connectivity index (χ3n) is 24.6. The fourth-order valence-electron chi connectivity index (χ4n) is 15.7. The first-order chi connectivity index (χ1) is 48.8. The molecule has 21 atom stereocenters. The zero-order valence-electron chi connectivity index (χ0n) is 63.4. The summed E-state index contributed by atoms with van der Waals surface area (Å²) in [6.07, 6.45) is 11.0. The van der Waals surface area contributed by atoms with Gasteiger partial charge in [0.1, 0.15) is 54.9 Å². The number of ether oxygens (including phenoxy) is 14. The number of hydrogen-bond acceptors (Lipinski definition) is 27. The van der Waals surface area contributed by atoms with Gasteiger partial charge in [-0.3, -0.25) is 47.9 Å². The lowest BCUT2D eigenvalue weighted by atomic mass is 9.67. The quantitative estimate of drug-likeness (QED) is 0.0763. The fourth-order valence-corrected chi connectivity index (χ4v) is 15.7. The molecule has 0 aromatic heterocycles. The van der Waals surface area contributed by atoms with Crippen molar-refractivity contribution in [1.29, 1.82) is 0 Å². The number of esters is 13. The van der Waals surface area contributed by atoms with Crippen LogP contribution in [0.2, 0.25) is 0 Å². The Kier molecular flexibility index (Phi) is 25.8. The van der Waals surface area contributed by atoms with Gasteiger partial charge in [-0.2, -0.15) is 0 Å². The number of fused-ring (bicyclic) bond motifs is 7. The first-order valence-corrected chi connectivity index (χ1v) is 38.0. The van der Waals surface area contributed by atoms with Crippen molar-refractivity contribution in [2.24, 2.45) is 80.3 Å². The zero-order chi connectivity index (χ0) is 76.3. The van der Waals surface area contributed by atoms with Crippen molar-refractivity contribution in [2.75, 3.05) is 19.8 Å². The van der Waals surface area contributed by atoms with Crippen LogP contribution in [0.15, 0.2) is 0 Å². The Balaban J connectivity index is 0.000000151. The molecule has 104 heavy (non-hydrogen) atoms. The van der Waals surface area contributed by atoms with E-state index >= 15 is 0 Å². The van der Waals surface area contributed by atoms with Gasteiger partial charge in [0.05, 0.1) is 62.8 Å². The highest BCUT2D eigenvalue weighted by molar-refractivity contribution is 5.83. The van der Waals surface area contributed by atoms with Gasteiger partial charge in [0.2, 0.25) is 0 Å². The zero-order valence-corrected chi connectivity index (χ0v) is 63.4. The van der Waals surface area contributed by atoms with Gasteiger partial charge in [-0.25, -0.2) is 14.4 Å². The molecule has 0 aromatic rings. The minimum atomic E-state index is -0.652. The highest BCUT2D eigenvalue weighted by Crippen LogP contribution is 2.51. The minimum absolute atomic E-state index is 0.0339. The second-order valence-corrected chi connectivity index (χ2v) is 34.0. The summed E-state index contributed by atoms with van der Waals surface area (Å²) < 4.78 is 74.8. The molecule has 0 spiro atoms. The highest BCUT2D eigenvalue weighted by atomic mass is 16.7. The summed E-state index contributed by atoms with van der Waals surface area (Å²) in [6, 6.07) is 0. The number of carbonyl (C=O) groups excluding carboxylic acids is 13. The monoisotopic (exact) mass is 1470 g/mol. The van der Waals surface area contributed by atoms with Gasteiger partial charge in [-0.1, -0.05) is 34.6 Å². The van der Waals surface area contributed by atoms with Crippen LogP contribution >= 0.6 is 0 Å². The van der Waals surface area contributed by atoms with Crippen LogP contribution in [0.5, 0.6) is 0 Å². The van der Waals surface area contributed by atoms with Crippen LogP contribution in [-0.2, 0) is 129 Å². The topological polar surface area (TPSA) is 351 Å². The van der Waals surface area contributed by atoms with Crippen LogP contribution < -0.4 is 0 Å². The van der Waals surface area contributed by atoms with E-state index in [9.17, 15) is 62.3 Å². The van der Waals surface area contributed by atoms with Crippen LogP contribution in [0.3, 0.4) is 0 Å². The first kappa shape index (κ1) is 81.2. The minimum Gasteiger partial charge on any atom is -0.458 e. The molecular formula is C77H112O27. The molecule has 0 aromatic carbocycles. The van der Waals surface area contributed by atoms with Crippen LogP contribution in [0.25, 0.3) is 0 Å². The maximum Gasteiger partial charge on any atom is 0.344 e. The largest absolute Gasteiger partial charge is 0.458 e. The molecule has 15 rings (SSSR count). The van der Waals surface area contributed by atoms with Crippen molar-refractivity contribution in [1.82, 2.24) is 0 Å². The number of carbonyl (C=O) groups is 13. The Bertz CT molecular complexity index is 3220. The lowest BCUT2D eigenvalue weighted by Gasteiger charge is -2.42. The Morgan fingerprint density at radius 1 is 0.327 bits per heavy atom. The highest BCUT2D eigenvalue weighted by Gasteiger charge is 2.65. The molecular weight excluding hydrogens is 1360 g/mol. The maximum atomic E-state index is 12.3. The normalized spacial score (nSPS) is 33.9. The van der Waals surface area contributed by atoms with E-state index < -0.39 is 101 Å². The fraction of sp³-hybridized carbons (Fsp3) is 0.831. The molecule has 27 heteroatoms. The predicted octanol–water partition coefficient (Wildman–Crippen LogP) is 9.19. The van der Waals surface area contributed by atoms with Crippen LogP contribution in [0, 0.1) is 80.3 Å². The maximum absolute atomic E-state index is 12.3. The first-order valence-electron chi connectivity index (χ1n) is 38.0. The Morgan fingerprint density at radius 2 is 0.683 bits per heavy atom. The molecule has 9 heterocycles. The standard InChI is InChI=1S/C18H26O6.C16H24O4.C15H20O7.C15H22O6.C13H20O4/c1-4-18(2,3)17(21)22-9-14(19)24-15-11-5-10-6-12(8-11)16(20)23-13(15)7-10;1-4-16(2,3)15(18)20-13-10-5-9-6-11(8-10)14(17)19-12(13)7-9;1-4-15(2,3)14(18)19-6-9(16)21-11-8-5-7-10(20-8)12(11)22-13(7)17;1-4-15(2,3)14(18)19-8-12(16)20-10-6-5-9-7-11(10)21-13(9)17;1-4-13(2,3)12(15)17-9-6-5-8-7-10(9)16-11(8)14/h10-13,15H,4-9H2,1-3H3;9-13H,4-8H2,1-3H3;7-8,10-12H,4-6H2,1-3H3;9-11H,4-8H2,1-3H3;8-10H,4-7H2,1-3H3. The number of hydrogen-bond donors (Lipinski definition) is 0. The van der Waals surface area contributed by atoms with Gasteiger partial charge < -0.3 is 66.3 Å². The molecule has 0 radical (unpaired) electrons. The lowest BCUT2D eigenvalue weighted by molar-refractivity contribution is -0.180. The van der Waals surface area contributed by atoms with Gasteiger partial charge in [0, 0.05) is 24.7 Å². The van der Waals surface area contributed by atoms with Gasteiger partial charge in [0.25, 0.3) is 0 Å². The summed E-state index contributed by atoms with van der Waals surface area (Å²) in [7, 11) is 0. The molecule has 9 aliphatic heterocycles. The predicted molar refractivity (Wildman–Crippen MR) is 361 cm³/mol. The Hall–Kier alpha value is -6.93. The smallest absolute Gasteiger partial charge is 0.344 e. The van der Waals surface area contributed by atoms with Gasteiger partial charge >= 0.3 is 77.6 Å². The van der Waals surface area contributed by atoms with Crippen molar-refractivity contribution in [2.45, 2.75) is 306 Å². The van der Waals surface area contributed by atoms with E-state index in [0.717, 1.165) is 77.0 Å². The van der Waals surface area contributed by atoms with Crippen molar-refractivity contribution in [3.05, 3.63) is 0 Å². The van der Waals surface area contributed by atoms with Crippen molar-refractivity contribution >= 4 is 77.6 Å². The summed E-state index contributed by atoms with van der Waals surface area (Å²) in [5.74, 6) is -2.97. The molecule has 6 saturated carbocycles. The summed E-state index contributed by atoms with van der Waals surface area (Å²) in [6.45, 7) is 26.5. The molecule has 15 aliphatic rings. The Morgan fingerprint density at radius 3 is 1.11 bits per heavy atom. The number of rotatable bonds is 21. The molecule has 21 unspecified atom stereocenters. The van der Waals surface area contributed by atoms with E-state index in [-0.39, 0.29) is 133 Å². The van der Waals surface area contributed by atoms with E-state index in [1.165, 1.54) is 0 Å². The van der Waals surface area contributed by atoms with Crippen molar-refractivity contribution in [3.8, 4) is 0 Å². The van der Waals surface area contributed by atoms with Gasteiger partial charge in [0.15, 0.2) is 32.0 Å². The summed E-state index contributed by atoms with van der Waals surface area (Å²) in [5.41, 5.74) is -2.79. The molecule has 15 fully saturated rings. The third-order valence-corrected chi connectivity index (χ3v) is 24.6. The van der Waals surface area contributed by atoms with Crippen molar-refractivity contribution in [3.63, 3.8) is 0 Å². The SMILES string of the molecule is CCC(C)(C)C(=O)OC1C2CC3CC(C2)C(=O)OC1C3.CCC(C)(C)C(=O)OC1CCC2CC1OC2=O.CCC(C)(C)C(=O)OCC(=O)OC1C2CC3C(=O)OC1C3O2.CCC(C)(C)C(=O)OCC(=O)OC1C2CC3CC(C2)C(=O)OC1C3.CCC(C)(C)C(=O)OCC(=O)OC1CCC2CC1OC2=O. The molecule has 0 N–H and O–H groups in total. The van der Waals surface area contributed by atoms with Crippen molar-refractivity contribution < 1.29 is 129 Å². The molecule has 6 aliphatic carbocycles. The summed E-state index contributed by atoms with van der Waals surface area (Å²) >= 11 is 0. The second-order valence-electron chi connectivity index (χ2n) is 34.0.